The van der Waals surface area contributed by atoms with Gasteiger partial charge in [-0.3, -0.25) is 4.79 Å². The lowest BCUT2D eigenvalue weighted by Gasteiger charge is -2.30. The van der Waals surface area contributed by atoms with E-state index < -0.39 is 0 Å². The molecular weight excluding hydrogens is 408 g/mol. The van der Waals surface area contributed by atoms with Crippen molar-refractivity contribution in [3.05, 3.63) is 0 Å². The fourth-order valence-electron chi connectivity index (χ4n) is 7.30. The van der Waals surface area contributed by atoms with Gasteiger partial charge in [-0.15, -0.1) is 0 Å². The Morgan fingerprint density at radius 3 is 1.59 bits per heavy atom. The van der Waals surface area contributed by atoms with E-state index in [9.17, 15) is 4.79 Å². The van der Waals surface area contributed by atoms with E-state index in [1.807, 2.05) is 0 Å². The monoisotopic (exact) mass is 446 g/mol. The summed E-state index contributed by atoms with van der Waals surface area (Å²) in [6.07, 6.45) is 18.9. The molecule has 8 fully saturated rings. The Bertz CT molecular complexity index is 701. The highest BCUT2D eigenvalue weighted by Gasteiger charge is 2.50. The van der Waals surface area contributed by atoms with Gasteiger partial charge in [0.2, 0.25) is 0 Å². The van der Waals surface area contributed by atoms with Crippen molar-refractivity contribution in [2.45, 2.75) is 126 Å². The largest absolute Gasteiger partial charge is 0.465 e. The van der Waals surface area contributed by atoms with Crippen molar-refractivity contribution in [1.82, 2.24) is 0 Å². The minimum atomic E-state index is 0.00258. The van der Waals surface area contributed by atoms with Crippen LogP contribution >= 0.6 is 0 Å². The van der Waals surface area contributed by atoms with Crippen LogP contribution in [-0.2, 0) is 28.5 Å². The number of ether oxygens (including phenoxy) is 5. The normalized spacial score (nSPS) is 53.8. The number of hydrogen-bond acceptors (Lipinski definition) is 6. The van der Waals surface area contributed by atoms with Gasteiger partial charge in [-0.2, -0.15) is 0 Å². The molecule has 0 aromatic rings. The van der Waals surface area contributed by atoms with E-state index in [1.54, 1.807) is 0 Å². The van der Waals surface area contributed by atoms with E-state index in [4.69, 9.17) is 23.7 Å². The van der Waals surface area contributed by atoms with Crippen molar-refractivity contribution >= 4 is 5.97 Å². The van der Waals surface area contributed by atoms with Crippen LogP contribution in [0.3, 0.4) is 0 Å². The van der Waals surface area contributed by atoms with Crippen molar-refractivity contribution in [2.24, 2.45) is 23.7 Å². The molecule has 0 amide bonds. The topological polar surface area (TPSA) is 76.4 Å². The Kier molecular flexibility index (Phi) is 5.30. The molecule has 0 spiro atoms. The Labute approximate surface area is 191 Å². The molecule has 4 aliphatic heterocycles. The predicted molar refractivity (Wildman–Crippen MR) is 115 cm³/mol. The predicted octanol–water partition coefficient (Wildman–Crippen LogP) is 3.79. The molecule has 8 rings (SSSR count). The van der Waals surface area contributed by atoms with Crippen LogP contribution in [0.1, 0.15) is 77.0 Å². The number of esters is 1. The van der Waals surface area contributed by atoms with Crippen LogP contribution in [0.25, 0.3) is 0 Å². The zero-order valence-electron chi connectivity index (χ0n) is 19.1. The van der Waals surface area contributed by atoms with Crippen LogP contribution in [0.4, 0.5) is 0 Å². The van der Waals surface area contributed by atoms with Gasteiger partial charge >= 0.3 is 5.97 Å². The maximum atomic E-state index is 12.0. The molecule has 8 unspecified atom stereocenters. The molecule has 12 atom stereocenters. The van der Waals surface area contributed by atoms with E-state index in [0.717, 1.165) is 50.4 Å². The molecule has 4 heterocycles. The van der Waals surface area contributed by atoms with Gasteiger partial charge in [0, 0.05) is 0 Å². The zero-order chi connectivity index (χ0) is 21.2. The second kappa shape index (κ2) is 8.21. The minimum absolute atomic E-state index is 0.00258. The third-order valence-electron chi connectivity index (χ3n) is 9.67. The van der Waals surface area contributed by atoms with Crippen molar-refractivity contribution in [3.8, 4) is 0 Å². The van der Waals surface area contributed by atoms with Crippen molar-refractivity contribution in [1.29, 1.82) is 0 Å². The molecule has 0 aromatic heterocycles. The van der Waals surface area contributed by atoms with Gasteiger partial charge in [-0.05, 0) is 94.8 Å². The smallest absolute Gasteiger partial charge is 0.309 e. The van der Waals surface area contributed by atoms with Crippen LogP contribution in [0.5, 0.6) is 0 Å². The molecular formula is C26H38O6. The summed E-state index contributed by atoms with van der Waals surface area (Å²) in [4.78, 5) is 12.0. The molecule has 6 heteroatoms. The lowest BCUT2D eigenvalue weighted by atomic mass is 9.73. The Balaban J connectivity index is 0.000000116. The lowest BCUT2D eigenvalue weighted by Crippen LogP contribution is -2.27. The number of epoxide rings is 4. The molecule has 0 N–H and O–H groups in total. The summed E-state index contributed by atoms with van der Waals surface area (Å²) in [7, 11) is 0. The summed E-state index contributed by atoms with van der Waals surface area (Å²) < 4.78 is 27.7. The second-order valence-corrected chi connectivity index (χ2v) is 11.8. The molecule has 4 saturated heterocycles. The van der Waals surface area contributed by atoms with Gasteiger partial charge in [0.1, 0.15) is 0 Å². The summed E-state index contributed by atoms with van der Waals surface area (Å²) in [6.45, 7) is 0.594. The molecule has 4 aliphatic carbocycles. The zero-order valence-corrected chi connectivity index (χ0v) is 19.1. The number of rotatable bonds is 4. The van der Waals surface area contributed by atoms with Gasteiger partial charge < -0.3 is 23.7 Å². The summed E-state index contributed by atoms with van der Waals surface area (Å²) in [5.74, 6) is 2.53. The van der Waals surface area contributed by atoms with Crippen LogP contribution < -0.4 is 0 Å². The number of fused-ring (bicyclic) bond motifs is 4. The first kappa shape index (κ1) is 20.7. The maximum Gasteiger partial charge on any atom is 0.309 e. The van der Waals surface area contributed by atoms with Gasteiger partial charge in [-0.25, -0.2) is 0 Å². The molecule has 8 aliphatic rings. The van der Waals surface area contributed by atoms with Gasteiger partial charge in [0.15, 0.2) is 0 Å². The Hall–Kier alpha value is -0.690. The fraction of sp³-hybridized carbons (Fsp3) is 0.962. The first-order valence-corrected chi connectivity index (χ1v) is 13.5. The van der Waals surface area contributed by atoms with Crippen molar-refractivity contribution < 1.29 is 28.5 Å². The number of hydrogen-bond donors (Lipinski definition) is 0. The lowest BCUT2D eigenvalue weighted by molar-refractivity contribution is -0.151. The summed E-state index contributed by atoms with van der Waals surface area (Å²) in [5.41, 5.74) is 0. The third-order valence-corrected chi connectivity index (χ3v) is 9.67. The molecule has 32 heavy (non-hydrogen) atoms. The van der Waals surface area contributed by atoms with E-state index in [0.29, 0.717) is 61.4 Å². The highest BCUT2D eigenvalue weighted by atomic mass is 16.6. The Morgan fingerprint density at radius 2 is 1.06 bits per heavy atom. The Morgan fingerprint density at radius 1 is 0.562 bits per heavy atom. The fourth-order valence-corrected chi connectivity index (χ4v) is 7.30. The van der Waals surface area contributed by atoms with Crippen molar-refractivity contribution in [2.75, 3.05) is 6.61 Å². The van der Waals surface area contributed by atoms with Crippen molar-refractivity contribution in [3.63, 3.8) is 0 Å². The molecule has 178 valence electrons. The molecule has 0 aromatic carbocycles. The molecule has 0 bridgehead atoms. The van der Waals surface area contributed by atoms with Crippen LogP contribution in [0, 0.1) is 23.7 Å². The maximum absolute atomic E-state index is 12.0. The average Bonchev–Trinajstić information content (AvgIpc) is 3.67. The van der Waals surface area contributed by atoms with E-state index in [-0.39, 0.29) is 11.9 Å². The van der Waals surface area contributed by atoms with E-state index in [2.05, 4.69) is 0 Å². The summed E-state index contributed by atoms with van der Waals surface area (Å²) >= 11 is 0. The highest BCUT2D eigenvalue weighted by molar-refractivity contribution is 5.72. The standard InChI is InChI=1S/C14H20O4.C12H18O2/c15-14(9-2-4-11-13(6-9)18-11)16-7-8-1-3-10-12(5-8)17-10;1-3-9-11(13-9)5-7(1)8-2-4-10-12(6-8)14-10/h8-13H,1-7H2;7-12H,1-6H2/t;7?,8?,9-,10-,11+,12+/m.1/s1. The number of carbonyl (C=O) groups excluding carboxylic acids is 1. The highest BCUT2D eigenvalue weighted by Crippen LogP contribution is 2.49. The molecule has 6 nitrogen and oxygen atoms in total. The van der Waals surface area contributed by atoms with Gasteiger partial charge in [0.05, 0.1) is 61.4 Å². The van der Waals surface area contributed by atoms with Gasteiger partial charge in [0.25, 0.3) is 0 Å². The average molecular weight is 447 g/mol. The third kappa shape index (κ3) is 4.49. The first-order valence-electron chi connectivity index (χ1n) is 13.5. The van der Waals surface area contributed by atoms with E-state index in [1.165, 1.54) is 38.5 Å². The SMILES string of the molecule is C1C[C@H]2O[C@H]2CC1C1CC[C@H]2O[C@H]2C1.O=C(OCC1CCC2OC2C1)C1CCC2OC2C1. The molecule has 0 radical (unpaired) electrons. The van der Waals surface area contributed by atoms with Gasteiger partial charge in [-0.1, -0.05) is 0 Å². The van der Waals surface area contributed by atoms with Crippen LogP contribution in [-0.4, -0.2) is 61.4 Å². The quantitative estimate of drug-likeness (QED) is 0.483. The first-order chi connectivity index (χ1) is 15.7. The summed E-state index contributed by atoms with van der Waals surface area (Å²) in [6, 6.07) is 0. The summed E-state index contributed by atoms with van der Waals surface area (Å²) in [5, 5.41) is 0. The second-order valence-electron chi connectivity index (χ2n) is 11.8. The minimum Gasteiger partial charge on any atom is -0.465 e. The van der Waals surface area contributed by atoms with Crippen LogP contribution in [0.15, 0.2) is 0 Å². The molecule has 4 saturated carbocycles. The number of carbonyl (C=O) groups is 1. The van der Waals surface area contributed by atoms with Crippen LogP contribution in [0.2, 0.25) is 0 Å². The van der Waals surface area contributed by atoms with E-state index >= 15 is 0 Å².